The van der Waals surface area contributed by atoms with Gasteiger partial charge in [-0.15, -0.1) is 0 Å². The fourth-order valence-electron chi connectivity index (χ4n) is 1.05. The third kappa shape index (κ3) is 1.81. The highest BCUT2D eigenvalue weighted by Crippen LogP contribution is 2.24. The van der Waals surface area contributed by atoms with Crippen LogP contribution >= 0.6 is 0 Å². The van der Waals surface area contributed by atoms with Gasteiger partial charge in [0.1, 0.15) is 11.8 Å². The maximum Gasteiger partial charge on any atom is 0.264 e. The summed E-state index contributed by atoms with van der Waals surface area (Å²) in [5.74, 6) is 0. The highest BCUT2D eigenvalue weighted by molar-refractivity contribution is 5.36. The van der Waals surface area contributed by atoms with Crippen molar-refractivity contribution in [2.45, 2.75) is 20.3 Å². The molecule has 0 amide bonds. The second kappa shape index (κ2) is 3.48. The van der Waals surface area contributed by atoms with Gasteiger partial charge in [-0.2, -0.15) is 5.26 Å². The lowest BCUT2D eigenvalue weighted by Gasteiger charge is -2.06. The van der Waals surface area contributed by atoms with E-state index in [0.29, 0.717) is 11.3 Å². The second-order valence-electron chi connectivity index (χ2n) is 2.72. The minimum Gasteiger partial charge on any atom is -0.242 e. The first-order valence-corrected chi connectivity index (χ1v) is 3.72. The lowest BCUT2D eigenvalue weighted by molar-refractivity contribution is 0.150. The minimum absolute atomic E-state index is 0.0402. The topological polar surface area (TPSA) is 36.7 Å². The van der Waals surface area contributed by atoms with Crippen LogP contribution in [0.15, 0.2) is 6.07 Å². The van der Waals surface area contributed by atoms with Gasteiger partial charge in [-0.25, -0.2) is 13.8 Å². The first kappa shape index (κ1) is 9.59. The molecule has 0 aliphatic heterocycles. The van der Waals surface area contributed by atoms with Crippen LogP contribution < -0.4 is 0 Å². The largest absolute Gasteiger partial charge is 0.264 e. The van der Waals surface area contributed by atoms with Crippen LogP contribution in [0.3, 0.4) is 0 Å². The molecule has 0 aromatic carbocycles. The van der Waals surface area contributed by atoms with Gasteiger partial charge in [0.15, 0.2) is 0 Å². The fourth-order valence-corrected chi connectivity index (χ4v) is 1.05. The van der Waals surface area contributed by atoms with E-state index in [1.54, 1.807) is 19.9 Å². The Labute approximate surface area is 74.8 Å². The molecular formula is C9H8F2N2. The second-order valence-corrected chi connectivity index (χ2v) is 2.72. The number of nitrogens with zero attached hydrogens (tertiary/aromatic N) is 2. The molecule has 0 saturated carbocycles. The number of alkyl halides is 2. The molecule has 0 fully saturated rings. The van der Waals surface area contributed by atoms with E-state index < -0.39 is 6.43 Å². The summed E-state index contributed by atoms with van der Waals surface area (Å²) in [7, 11) is 0. The molecule has 13 heavy (non-hydrogen) atoms. The summed E-state index contributed by atoms with van der Waals surface area (Å²) in [4.78, 5) is 3.84. The molecule has 1 rings (SSSR count). The summed E-state index contributed by atoms with van der Waals surface area (Å²) in [5.41, 5.74) is 0.866. The van der Waals surface area contributed by atoms with Crippen molar-refractivity contribution in [1.29, 1.82) is 5.26 Å². The van der Waals surface area contributed by atoms with Gasteiger partial charge in [-0.1, -0.05) is 0 Å². The molecule has 0 N–H and O–H groups in total. The Bertz CT molecular complexity index is 367. The average Bonchev–Trinajstić information content (AvgIpc) is 2.09. The van der Waals surface area contributed by atoms with Gasteiger partial charge in [0.25, 0.3) is 6.43 Å². The SMILES string of the molecule is Cc1nc(C#N)cc(C(F)F)c1C. The molecule has 4 heteroatoms. The van der Waals surface area contributed by atoms with Crippen LogP contribution in [0.1, 0.15) is 28.9 Å². The summed E-state index contributed by atoms with van der Waals surface area (Å²) >= 11 is 0. The van der Waals surface area contributed by atoms with E-state index in [0.717, 1.165) is 6.07 Å². The van der Waals surface area contributed by atoms with Gasteiger partial charge < -0.3 is 0 Å². The van der Waals surface area contributed by atoms with Crippen molar-refractivity contribution in [3.05, 3.63) is 28.6 Å². The number of aryl methyl sites for hydroxylation is 1. The van der Waals surface area contributed by atoms with Gasteiger partial charge >= 0.3 is 0 Å². The Morgan fingerprint density at radius 3 is 2.54 bits per heavy atom. The van der Waals surface area contributed by atoms with E-state index >= 15 is 0 Å². The van der Waals surface area contributed by atoms with Crippen molar-refractivity contribution in [3.63, 3.8) is 0 Å². The molecule has 2 nitrogen and oxygen atoms in total. The molecule has 68 valence electrons. The van der Waals surface area contributed by atoms with Crippen molar-refractivity contribution < 1.29 is 8.78 Å². The zero-order valence-corrected chi connectivity index (χ0v) is 7.31. The monoisotopic (exact) mass is 182 g/mol. The third-order valence-electron chi connectivity index (χ3n) is 1.91. The van der Waals surface area contributed by atoms with Gasteiger partial charge in [-0.05, 0) is 25.5 Å². The standard InChI is InChI=1S/C9H8F2N2/c1-5-6(2)13-7(4-12)3-8(5)9(10)11/h3,9H,1-2H3. The Hall–Kier alpha value is -1.50. The molecule has 0 aliphatic rings. The minimum atomic E-state index is -2.55. The number of hydrogen-bond acceptors (Lipinski definition) is 2. The quantitative estimate of drug-likeness (QED) is 0.669. The summed E-state index contributed by atoms with van der Waals surface area (Å²) in [6, 6.07) is 2.88. The van der Waals surface area contributed by atoms with E-state index in [1.165, 1.54) is 0 Å². The molecule has 0 atom stereocenters. The van der Waals surface area contributed by atoms with Crippen LogP contribution in [0.4, 0.5) is 8.78 Å². The number of rotatable bonds is 1. The fraction of sp³-hybridized carbons (Fsp3) is 0.333. The molecule has 1 aromatic rings. The zero-order chi connectivity index (χ0) is 10.0. The molecule has 1 heterocycles. The van der Waals surface area contributed by atoms with E-state index in [4.69, 9.17) is 5.26 Å². The van der Waals surface area contributed by atoms with Crippen molar-refractivity contribution in [2.24, 2.45) is 0 Å². The summed E-state index contributed by atoms with van der Waals surface area (Å²) < 4.78 is 24.8. The first-order valence-electron chi connectivity index (χ1n) is 3.72. The van der Waals surface area contributed by atoms with E-state index in [-0.39, 0.29) is 11.3 Å². The van der Waals surface area contributed by atoms with E-state index in [1.807, 2.05) is 0 Å². The Morgan fingerprint density at radius 1 is 1.46 bits per heavy atom. The van der Waals surface area contributed by atoms with Crippen molar-refractivity contribution in [3.8, 4) is 6.07 Å². The van der Waals surface area contributed by atoms with Crippen LogP contribution in [0.25, 0.3) is 0 Å². The molecule has 0 saturated heterocycles. The van der Waals surface area contributed by atoms with E-state index in [2.05, 4.69) is 4.98 Å². The van der Waals surface area contributed by atoms with Crippen LogP contribution in [0.2, 0.25) is 0 Å². The highest BCUT2D eigenvalue weighted by atomic mass is 19.3. The number of hydrogen-bond donors (Lipinski definition) is 0. The third-order valence-corrected chi connectivity index (χ3v) is 1.91. The molecule has 1 aromatic heterocycles. The molecule has 0 radical (unpaired) electrons. The first-order chi connectivity index (χ1) is 6.06. The number of nitriles is 1. The van der Waals surface area contributed by atoms with Gasteiger partial charge in [0.2, 0.25) is 0 Å². The molecule has 0 spiro atoms. The van der Waals surface area contributed by atoms with Crippen LogP contribution in [-0.4, -0.2) is 4.98 Å². The molecule has 0 unspecified atom stereocenters. The average molecular weight is 182 g/mol. The Kier molecular flexibility index (Phi) is 2.57. The number of halogens is 2. The Balaban J connectivity index is 3.35. The Morgan fingerprint density at radius 2 is 2.08 bits per heavy atom. The normalized spacial score (nSPS) is 10.2. The van der Waals surface area contributed by atoms with Crippen LogP contribution in [0, 0.1) is 25.2 Å². The van der Waals surface area contributed by atoms with Crippen LogP contribution in [0.5, 0.6) is 0 Å². The predicted octanol–water partition coefficient (Wildman–Crippen LogP) is 2.51. The van der Waals surface area contributed by atoms with Crippen molar-refractivity contribution in [1.82, 2.24) is 4.98 Å². The zero-order valence-electron chi connectivity index (χ0n) is 7.31. The molecule has 0 aliphatic carbocycles. The molecule has 0 bridgehead atoms. The van der Waals surface area contributed by atoms with Gasteiger partial charge in [0, 0.05) is 11.3 Å². The van der Waals surface area contributed by atoms with Gasteiger partial charge in [-0.3, -0.25) is 0 Å². The summed E-state index contributed by atoms with van der Waals surface area (Å²) in [6.07, 6.45) is -2.55. The lowest BCUT2D eigenvalue weighted by Crippen LogP contribution is -1.98. The maximum absolute atomic E-state index is 12.4. The lowest BCUT2D eigenvalue weighted by atomic mass is 10.1. The smallest absolute Gasteiger partial charge is 0.242 e. The van der Waals surface area contributed by atoms with Crippen molar-refractivity contribution >= 4 is 0 Å². The molecular weight excluding hydrogens is 174 g/mol. The number of pyridine rings is 1. The van der Waals surface area contributed by atoms with Gasteiger partial charge in [0.05, 0.1) is 0 Å². The maximum atomic E-state index is 12.4. The summed E-state index contributed by atoms with van der Waals surface area (Å²) in [6.45, 7) is 3.19. The van der Waals surface area contributed by atoms with Crippen LogP contribution in [-0.2, 0) is 0 Å². The van der Waals surface area contributed by atoms with E-state index in [9.17, 15) is 8.78 Å². The predicted molar refractivity (Wildman–Crippen MR) is 43.4 cm³/mol. The number of aromatic nitrogens is 1. The van der Waals surface area contributed by atoms with Crippen molar-refractivity contribution in [2.75, 3.05) is 0 Å². The summed E-state index contributed by atoms with van der Waals surface area (Å²) in [5, 5.41) is 8.50. The highest BCUT2D eigenvalue weighted by Gasteiger charge is 2.13.